The maximum Gasteiger partial charge on any atom is 0.263 e. The van der Waals surface area contributed by atoms with Crippen LogP contribution in [-0.4, -0.2) is 27.0 Å². The molecule has 6 nitrogen and oxygen atoms in total. The van der Waals surface area contributed by atoms with Crippen LogP contribution in [-0.2, 0) is 11.2 Å². The van der Waals surface area contributed by atoms with Crippen LogP contribution < -0.4 is 10.9 Å². The number of thioether (sulfide) groups is 1. The summed E-state index contributed by atoms with van der Waals surface area (Å²) in [6, 6.07) is 5.61. The third kappa shape index (κ3) is 3.79. The fraction of sp³-hybridized carbons (Fsp3) is 0.417. The molecule has 0 atom stereocenters. The topological polar surface area (TPSA) is 81.1 Å². The van der Waals surface area contributed by atoms with E-state index in [0.29, 0.717) is 23.6 Å². The molecule has 166 valence electrons. The van der Waals surface area contributed by atoms with E-state index in [0.717, 1.165) is 57.6 Å². The summed E-state index contributed by atoms with van der Waals surface area (Å²) in [6.07, 6.45) is 5.28. The Morgan fingerprint density at radius 2 is 2.00 bits per heavy atom. The van der Waals surface area contributed by atoms with Crippen molar-refractivity contribution in [3.05, 3.63) is 50.1 Å². The van der Waals surface area contributed by atoms with Gasteiger partial charge in [-0.05, 0) is 62.4 Å². The molecule has 2 aliphatic rings. The van der Waals surface area contributed by atoms with E-state index in [-0.39, 0.29) is 29.0 Å². The predicted molar refractivity (Wildman–Crippen MR) is 129 cm³/mol. The maximum absolute atomic E-state index is 13.5. The second kappa shape index (κ2) is 8.48. The zero-order valence-electron chi connectivity index (χ0n) is 18.2. The molecular weight excluding hydrogens is 442 g/mol. The number of nitrogens with one attached hydrogen (secondary N) is 1. The number of fused-ring (bicyclic) bond motifs is 2. The molecule has 0 saturated heterocycles. The van der Waals surface area contributed by atoms with Gasteiger partial charge in [-0.3, -0.25) is 19.0 Å². The molecule has 8 heteroatoms. The monoisotopic (exact) mass is 467 g/mol. The fourth-order valence-corrected chi connectivity index (χ4v) is 6.68. The van der Waals surface area contributed by atoms with Gasteiger partial charge in [0.05, 0.1) is 11.1 Å². The number of ketones is 1. The highest BCUT2D eigenvalue weighted by atomic mass is 32.2. The number of carbonyl (C=O) groups is 2. The molecule has 1 aliphatic carbocycles. The minimum Gasteiger partial charge on any atom is -0.326 e. The number of thiophene rings is 1. The van der Waals surface area contributed by atoms with E-state index in [4.69, 9.17) is 4.98 Å². The Balaban J connectivity index is 1.45. The molecule has 0 unspecified atom stereocenters. The van der Waals surface area contributed by atoms with Crippen molar-refractivity contribution in [1.82, 2.24) is 9.55 Å². The molecule has 0 radical (unpaired) electrons. The molecule has 2 aromatic heterocycles. The Hall–Kier alpha value is -2.45. The van der Waals surface area contributed by atoms with Crippen LogP contribution in [0.5, 0.6) is 0 Å². The third-order valence-corrected chi connectivity index (χ3v) is 8.60. The van der Waals surface area contributed by atoms with Gasteiger partial charge in [-0.25, -0.2) is 4.98 Å². The highest BCUT2D eigenvalue weighted by Crippen LogP contribution is 2.35. The summed E-state index contributed by atoms with van der Waals surface area (Å²) >= 11 is 2.91. The van der Waals surface area contributed by atoms with Gasteiger partial charge in [0.1, 0.15) is 4.83 Å². The lowest BCUT2D eigenvalue weighted by molar-refractivity contribution is -0.116. The Morgan fingerprint density at radius 3 is 2.78 bits per heavy atom. The first-order chi connectivity index (χ1) is 15.4. The molecule has 1 fully saturated rings. The molecule has 0 bridgehead atoms. The zero-order valence-corrected chi connectivity index (χ0v) is 19.8. The van der Waals surface area contributed by atoms with E-state index >= 15 is 0 Å². The molecule has 32 heavy (non-hydrogen) atoms. The van der Waals surface area contributed by atoms with Crippen molar-refractivity contribution in [2.75, 3.05) is 11.1 Å². The van der Waals surface area contributed by atoms with Crippen molar-refractivity contribution >= 4 is 50.7 Å². The second-order valence-electron chi connectivity index (χ2n) is 8.60. The van der Waals surface area contributed by atoms with E-state index in [1.807, 2.05) is 24.5 Å². The summed E-state index contributed by atoms with van der Waals surface area (Å²) in [5.74, 6) is 0.234. The minimum atomic E-state index is 0.000517. The Bertz CT molecular complexity index is 1300. The van der Waals surface area contributed by atoms with E-state index in [1.165, 1.54) is 11.8 Å². The van der Waals surface area contributed by atoms with Gasteiger partial charge in [-0.15, -0.1) is 11.3 Å². The number of carbonyl (C=O) groups excluding carboxylic acids is 2. The lowest BCUT2D eigenvalue weighted by Crippen LogP contribution is -2.26. The van der Waals surface area contributed by atoms with Crippen molar-refractivity contribution in [2.24, 2.45) is 0 Å². The van der Waals surface area contributed by atoms with Gasteiger partial charge in [0.2, 0.25) is 5.91 Å². The van der Waals surface area contributed by atoms with Crippen molar-refractivity contribution < 1.29 is 9.59 Å². The summed E-state index contributed by atoms with van der Waals surface area (Å²) in [4.78, 5) is 44.8. The largest absolute Gasteiger partial charge is 0.326 e. The van der Waals surface area contributed by atoms with Crippen molar-refractivity contribution in [1.29, 1.82) is 0 Å². The van der Waals surface area contributed by atoms with Crippen LogP contribution in [0.2, 0.25) is 0 Å². The lowest BCUT2D eigenvalue weighted by atomic mass is 9.99. The molecular formula is C24H25N3O3S2. The van der Waals surface area contributed by atoms with Crippen LogP contribution in [0.25, 0.3) is 10.2 Å². The number of hydrogen-bond donors (Lipinski definition) is 1. The van der Waals surface area contributed by atoms with Gasteiger partial charge in [0.15, 0.2) is 10.9 Å². The van der Waals surface area contributed by atoms with Crippen LogP contribution >= 0.6 is 23.1 Å². The van der Waals surface area contributed by atoms with Gasteiger partial charge >= 0.3 is 0 Å². The summed E-state index contributed by atoms with van der Waals surface area (Å²) < 4.78 is 1.86. The molecule has 1 saturated carbocycles. The molecule has 3 heterocycles. The fourth-order valence-electron chi connectivity index (χ4n) is 4.64. The normalized spacial score (nSPS) is 16.4. The van der Waals surface area contributed by atoms with Gasteiger partial charge in [0, 0.05) is 28.6 Å². The van der Waals surface area contributed by atoms with E-state index < -0.39 is 0 Å². The number of amides is 1. The molecule has 3 aromatic rings. The highest BCUT2D eigenvalue weighted by molar-refractivity contribution is 7.99. The SMILES string of the molecule is Cc1sc2nc(SCC(=O)c3ccc4c(c3)CCC(=O)N4)n(C3CCCC3)c(=O)c2c1C. The molecule has 0 spiro atoms. The maximum atomic E-state index is 13.5. The Morgan fingerprint density at radius 1 is 1.22 bits per heavy atom. The standard InChI is InChI=1S/C24H25N3O3S2/c1-13-14(2)32-22-21(13)23(30)27(17-5-3-4-6-17)24(26-22)31-12-19(28)16-7-9-18-15(11-16)8-10-20(29)25-18/h7,9,11,17H,3-6,8,10,12H2,1-2H3,(H,25,29). The van der Waals surface area contributed by atoms with E-state index in [1.54, 1.807) is 23.5 Å². The molecule has 1 aromatic carbocycles. The second-order valence-corrected chi connectivity index (χ2v) is 10.7. The average molecular weight is 468 g/mol. The van der Waals surface area contributed by atoms with Crippen molar-refractivity contribution in [3.8, 4) is 0 Å². The third-order valence-electron chi connectivity index (χ3n) is 6.55. The minimum absolute atomic E-state index is 0.000517. The van der Waals surface area contributed by atoms with Crippen molar-refractivity contribution in [2.45, 2.75) is 63.6 Å². The number of aryl methyl sites for hydroxylation is 3. The number of rotatable bonds is 5. The van der Waals surface area contributed by atoms with Crippen LogP contribution in [0.15, 0.2) is 28.2 Å². The number of anilines is 1. The first-order valence-electron chi connectivity index (χ1n) is 11.0. The average Bonchev–Trinajstić information content (AvgIpc) is 3.40. The van der Waals surface area contributed by atoms with Gasteiger partial charge in [-0.2, -0.15) is 0 Å². The Labute approximate surface area is 194 Å². The summed E-state index contributed by atoms with van der Waals surface area (Å²) in [6.45, 7) is 4.01. The number of hydrogen-bond acceptors (Lipinski definition) is 6. The molecule has 1 amide bonds. The first-order valence-corrected chi connectivity index (χ1v) is 12.8. The van der Waals surface area contributed by atoms with Crippen molar-refractivity contribution in [3.63, 3.8) is 0 Å². The van der Waals surface area contributed by atoms with Gasteiger partial charge in [0.25, 0.3) is 5.56 Å². The summed E-state index contributed by atoms with van der Waals surface area (Å²) in [7, 11) is 0. The van der Waals surface area contributed by atoms with Crippen LogP contribution in [0.4, 0.5) is 5.69 Å². The summed E-state index contributed by atoms with van der Waals surface area (Å²) in [5, 5.41) is 4.23. The van der Waals surface area contributed by atoms with Crippen LogP contribution in [0.3, 0.4) is 0 Å². The van der Waals surface area contributed by atoms with E-state index in [9.17, 15) is 14.4 Å². The quantitative estimate of drug-likeness (QED) is 0.323. The lowest BCUT2D eigenvalue weighted by Gasteiger charge is -2.18. The first kappa shape index (κ1) is 21.4. The number of nitrogens with zero attached hydrogens (tertiary/aromatic N) is 2. The Kier molecular flexibility index (Phi) is 5.67. The number of benzene rings is 1. The molecule has 1 N–H and O–H groups in total. The van der Waals surface area contributed by atoms with Gasteiger partial charge < -0.3 is 5.32 Å². The highest BCUT2D eigenvalue weighted by Gasteiger charge is 2.25. The van der Waals surface area contributed by atoms with Gasteiger partial charge in [-0.1, -0.05) is 24.6 Å². The van der Waals surface area contributed by atoms with E-state index in [2.05, 4.69) is 5.32 Å². The smallest absolute Gasteiger partial charge is 0.263 e. The molecule has 1 aliphatic heterocycles. The predicted octanol–water partition coefficient (Wildman–Crippen LogP) is 5.05. The van der Waals surface area contributed by atoms with Crippen LogP contribution in [0.1, 0.15) is 64.5 Å². The number of aromatic nitrogens is 2. The molecule has 5 rings (SSSR count). The number of Topliss-reactive ketones (excluding diaryl/α,β-unsaturated/α-hetero) is 1. The summed E-state index contributed by atoms with van der Waals surface area (Å²) in [5.41, 5.74) is 3.46. The zero-order chi connectivity index (χ0) is 22.4. The van der Waals surface area contributed by atoms with Crippen LogP contribution in [0, 0.1) is 13.8 Å².